The minimum atomic E-state index is 0. The van der Waals surface area contributed by atoms with Crippen LogP contribution in [0.3, 0.4) is 0 Å². The number of rotatable bonds is 0. The second kappa shape index (κ2) is 6.23. The number of hydrogen-bond acceptors (Lipinski definition) is 2. The lowest BCUT2D eigenvalue weighted by Gasteiger charge is -2.26. The van der Waals surface area contributed by atoms with Gasteiger partial charge in [0.2, 0.25) is 0 Å². The number of hydrogen-bond donors (Lipinski definition) is 2. The van der Waals surface area contributed by atoms with Crippen LogP contribution in [0.4, 0.5) is 0 Å². The fourth-order valence-corrected chi connectivity index (χ4v) is 0.900. The van der Waals surface area contributed by atoms with Crippen molar-refractivity contribution in [3.05, 3.63) is 0 Å². The average Bonchev–Trinajstić information content (AvgIpc) is 1.77. The molecule has 0 aromatic heterocycles. The molecule has 0 unspecified atom stereocenters. The average molecular weight is 187 g/mol. The Morgan fingerprint density at radius 2 is 1.20 bits per heavy atom. The molecule has 1 aliphatic heterocycles. The van der Waals surface area contributed by atoms with E-state index in [4.69, 9.17) is 0 Å². The van der Waals surface area contributed by atoms with Crippen molar-refractivity contribution in [1.82, 2.24) is 10.6 Å². The van der Waals surface area contributed by atoms with Crippen LogP contribution in [0.2, 0.25) is 0 Å². The van der Waals surface area contributed by atoms with Gasteiger partial charge in [-0.15, -0.1) is 24.8 Å². The molecule has 2 atom stereocenters. The standard InChI is InChI=1S/C6H14N2.2ClH/c1-5-3-8-6(2)4-7-5;;/h5-8H,3-4H2,1-2H3;2*1H/t5-,6+;;. The van der Waals surface area contributed by atoms with E-state index in [9.17, 15) is 0 Å². The first-order valence-corrected chi connectivity index (χ1v) is 3.26. The summed E-state index contributed by atoms with van der Waals surface area (Å²) in [6.07, 6.45) is 0. The highest BCUT2D eigenvalue weighted by molar-refractivity contribution is 5.85. The van der Waals surface area contributed by atoms with Gasteiger partial charge in [0.1, 0.15) is 0 Å². The molecular weight excluding hydrogens is 171 g/mol. The SMILES string of the molecule is C[C@@H]1CN[C@@H](C)CN1.Cl.Cl. The van der Waals surface area contributed by atoms with Gasteiger partial charge in [0, 0.05) is 25.2 Å². The quantitative estimate of drug-likeness (QED) is 0.586. The van der Waals surface area contributed by atoms with Crippen LogP contribution in [0.25, 0.3) is 0 Å². The number of piperazine rings is 1. The van der Waals surface area contributed by atoms with Crippen LogP contribution in [-0.4, -0.2) is 25.2 Å². The lowest BCUT2D eigenvalue weighted by Crippen LogP contribution is -2.51. The molecule has 0 radical (unpaired) electrons. The van der Waals surface area contributed by atoms with Crippen molar-refractivity contribution in [2.45, 2.75) is 25.9 Å². The van der Waals surface area contributed by atoms with Crippen molar-refractivity contribution < 1.29 is 0 Å². The van der Waals surface area contributed by atoms with Gasteiger partial charge in [-0.1, -0.05) is 0 Å². The molecule has 1 heterocycles. The summed E-state index contributed by atoms with van der Waals surface area (Å²) < 4.78 is 0. The summed E-state index contributed by atoms with van der Waals surface area (Å²) in [5, 5.41) is 6.74. The zero-order chi connectivity index (χ0) is 5.98. The van der Waals surface area contributed by atoms with Gasteiger partial charge in [-0.05, 0) is 13.8 Å². The van der Waals surface area contributed by atoms with Crippen LogP contribution in [-0.2, 0) is 0 Å². The third kappa shape index (κ3) is 4.34. The maximum Gasteiger partial charge on any atom is 0.0164 e. The van der Waals surface area contributed by atoms with E-state index >= 15 is 0 Å². The van der Waals surface area contributed by atoms with Crippen molar-refractivity contribution >= 4 is 24.8 Å². The van der Waals surface area contributed by atoms with Crippen LogP contribution in [0.15, 0.2) is 0 Å². The first-order chi connectivity index (χ1) is 3.79. The van der Waals surface area contributed by atoms with Gasteiger partial charge in [-0.2, -0.15) is 0 Å². The Bertz CT molecular complexity index is 62.1. The highest BCUT2D eigenvalue weighted by Crippen LogP contribution is 1.89. The Morgan fingerprint density at radius 1 is 0.900 bits per heavy atom. The second-order valence-corrected chi connectivity index (χ2v) is 2.62. The van der Waals surface area contributed by atoms with Gasteiger partial charge in [-0.3, -0.25) is 0 Å². The highest BCUT2D eigenvalue weighted by Gasteiger charge is 2.10. The molecule has 0 saturated carbocycles. The summed E-state index contributed by atoms with van der Waals surface area (Å²) in [5.41, 5.74) is 0. The van der Waals surface area contributed by atoms with E-state index in [1.54, 1.807) is 0 Å². The minimum Gasteiger partial charge on any atom is -0.311 e. The third-order valence-electron chi connectivity index (χ3n) is 1.54. The summed E-state index contributed by atoms with van der Waals surface area (Å²) in [5.74, 6) is 0. The molecule has 0 amide bonds. The third-order valence-corrected chi connectivity index (χ3v) is 1.54. The Kier molecular flexibility index (Phi) is 8.17. The summed E-state index contributed by atoms with van der Waals surface area (Å²) in [4.78, 5) is 0. The van der Waals surface area contributed by atoms with E-state index in [0.29, 0.717) is 12.1 Å². The van der Waals surface area contributed by atoms with E-state index in [0.717, 1.165) is 13.1 Å². The molecule has 10 heavy (non-hydrogen) atoms. The van der Waals surface area contributed by atoms with Gasteiger partial charge < -0.3 is 10.6 Å². The number of halogens is 2. The van der Waals surface area contributed by atoms with Crippen molar-refractivity contribution in [1.29, 1.82) is 0 Å². The molecule has 1 aliphatic rings. The van der Waals surface area contributed by atoms with Crippen LogP contribution in [0.5, 0.6) is 0 Å². The van der Waals surface area contributed by atoms with Crippen LogP contribution in [0.1, 0.15) is 13.8 Å². The predicted molar refractivity (Wildman–Crippen MR) is 49.4 cm³/mol. The predicted octanol–water partition coefficient (Wildman–Crippen LogP) is 0.800. The van der Waals surface area contributed by atoms with Crippen molar-refractivity contribution in [3.63, 3.8) is 0 Å². The monoisotopic (exact) mass is 186 g/mol. The van der Waals surface area contributed by atoms with Crippen LogP contribution < -0.4 is 10.6 Å². The first kappa shape index (κ1) is 13.1. The van der Waals surface area contributed by atoms with Crippen molar-refractivity contribution in [2.24, 2.45) is 0 Å². The molecular formula is C6H16Cl2N2. The van der Waals surface area contributed by atoms with E-state index < -0.39 is 0 Å². The Labute approximate surface area is 75.0 Å². The number of nitrogens with one attached hydrogen (secondary N) is 2. The fraction of sp³-hybridized carbons (Fsp3) is 1.00. The Morgan fingerprint density at radius 3 is 1.40 bits per heavy atom. The maximum atomic E-state index is 3.37. The molecule has 1 saturated heterocycles. The lowest BCUT2D eigenvalue weighted by molar-refractivity contribution is 0.376. The molecule has 4 heteroatoms. The van der Waals surface area contributed by atoms with E-state index in [2.05, 4.69) is 24.5 Å². The minimum absolute atomic E-state index is 0. The van der Waals surface area contributed by atoms with Gasteiger partial charge in [0.25, 0.3) is 0 Å². The Balaban J connectivity index is 0. The molecule has 0 spiro atoms. The molecule has 1 fully saturated rings. The van der Waals surface area contributed by atoms with E-state index in [1.807, 2.05) is 0 Å². The van der Waals surface area contributed by atoms with Crippen molar-refractivity contribution in [2.75, 3.05) is 13.1 Å². The van der Waals surface area contributed by atoms with Gasteiger partial charge in [-0.25, -0.2) is 0 Å². The molecule has 64 valence electrons. The fourth-order valence-electron chi connectivity index (χ4n) is 0.900. The topological polar surface area (TPSA) is 24.1 Å². The maximum absolute atomic E-state index is 3.37. The molecule has 0 aromatic rings. The van der Waals surface area contributed by atoms with Crippen molar-refractivity contribution in [3.8, 4) is 0 Å². The summed E-state index contributed by atoms with van der Waals surface area (Å²) in [7, 11) is 0. The van der Waals surface area contributed by atoms with Gasteiger partial charge >= 0.3 is 0 Å². The molecule has 2 nitrogen and oxygen atoms in total. The van der Waals surface area contributed by atoms with E-state index in [1.165, 1.54) is 0 Å². The van der Waals surface area contributed by atoms with Crippen LogP contribution in [0, 0.1) is 0 Å². The first-order valence-electron chi connectivity index (χ1n) is 3.26. The van der Waals surface area contributed by atoms with Crippen LogP contribution >= 0.6 is 24.8 Å². The van der Waals surface area contributed by atoms with Gasteiger partial charge in [0.15, 0.2) is 0 Å². The molecule has 0 aromatic carbocycles. The molecule has 2 N–H and O–H groups in total. The second-order valence-electron chi connectivity index (χ2n) is 2.62. The molecule has 0 aliphatic carbocycles. The largest absolute Gasteiger partial charge is 0.311 e. The zero-order valence-corrected chi connectivity index (χ0v) is 8.02. The summed E-state index contributed by atoms with van der Waals surface area (Å²) in [6.45, 7) is 6.61. The zero-order valence-electron chi connectivity index (χ0n) is 6.39. The highest BCUT2D eigenvalue weighted by atomic mass is 35.5. The van der Waals surface area contributed by atoms with Gasteiger partial charge in [0.05, 0.1) is 0 Å². The Hall–Kier alpha value is 0.500. The summed E-state index contributed by atoms with van der Waals surface area (Å²) in [6, 6.07) is 1.32. The van der Waals surface area contributed by atoms with E-state index in [-0.39, 0.29) is 24.8 Å². The molecule has 0 bridgehead atoms. The normalized spacial score (nSPS) is 31.8. The lowest BCUT2D eigenvalue weighted by atomic mass is 10.2. The summed E-state index contributed by atoms with van der Waals surface area (Å²) >= 11 is 0. The smallest absolute Gasteiger partial charge is 0.0164 e. The molecule has 1 rings (SSSR count).